The molecule has 0 saturated carbocycles. The summed E-state index contributed by atoms with van der Waals surface area (Å²) < 4.78 is 0. The van der Waals surface area contributed by atoms with E-state index in [1.165, 1.54) is 5.56 Å². The predicted octanol–water partition coefficient (Wildman–Crippen LogP) is 5.16. The van der Waals surface area contributed by atoms with E-state index in [1.54, 1.807) is 0 Å². The Balaban J connectivity index is 2.51. The Kier molecular flexibility index (Phi) is 4.53. The van der Waals surface area contributed by atoms with Crippen LogP contribution in [0, 0.1) is 5.92 Å². The van der Waals surface area contributed by atoms with Crippen molar-refractivity contribution in [2.24, 2.45) is 5.92 Å². The summed E-state index contributed by atoms with van der Waals surface area (Å²) >= 11 is 14.6. The molecule has 0 bridgehead atoms. The van der Waals surface area contributed by atoms with E-state index in [2.05, 4.69) is 33.0 Å². The first kappa shape index (κ1) is 14.5. The maximum atomic E-state index is 6.39. The van der Waals surface area contributed by atoms with Gasteiger partial charge in [-0.2, -0.15) is 0 Å². The molecule has 1 N–H and O–H groups in total. The van der Waals surface area contributed by atoms with Crippen LogP contribution in [0.1, 0.15) is 39.3 Å². The molecule has 3 unspecified atom stereocenters. The van der Waals surface area contributed by atoms with E-state index in [4.69, 9.17) is 23.2 Å². The largest absolute Gasteiger partial charge is 0.307 e. The number of rotatable bonds is 2. The molecule has 0 aliphatic carbocycles. The summed E-state index contributed by atoms with van der Waals surface area (Å²) in [5.41, 5.74) is 1.17. The Labute approximate surface area is 124 Å². The van der Waals surface area contributed by atoms with Gasteiger partial charge in [-0.05, 0) is 18.1 Å². The SMILES string of the molecule is CC(C)NC1c2c(Cl)ccc(Cl)c2SC(C)C1C. The Hall–Kier alpha value is 0.110. The zero-order chi connectivity index (χ0) is 13.4. The van der Waals surface area contributed by atoms with Gasteiger partial charge in [0.1, 0.15) is 0 Å². The van der Waals surface area contributed by atoms with Gasteiger partial charge in [0.25, 0.3) is 0 Å². The molecule has 0 radical (unpaired) electrons. The van der Waals surface area contributed by atoms with Crippen LogP contribution in [0.5, 0.6) is 0 Å². The average Bonchev–Trinajstić information content (AvgIpc) is 2.29. The fourth-order valence-corrected chi connectivity index (χ4v) is 4.30. The molecule has 1 heterocycles. The highest BCUT2D eigenvalue weighted by atomic mass is 35.5. The van der Waals surface area contributed by atoms with Crippen LogP contribution in [0.3, 0.4) is 0 Å². The highest BCUT2D eigenvalue weighted by Crippen LogP contribution is 2.49. The van der Waals surface area contributed by atoms with Crippen LogP contribution >= 0.6 is 35.0 Å². The zero-order valence-corrected chi connectivity index (χ0v) is 13.5. The van der Waals surface area contributed by atoms with E-state index in [0.717, 1.165) is 14.9 Å². The lowest BCUT2D eigenvalue weighted by atomic mass is 9.90. The quantitative estimate of drug-likeness (QED) is 0.809. The lowest BCUT2D eigenvalue weighted by molar-refractivity contribution is 0.348. The van der Waals surface area contributed by atoms with Crippen LogP contribution < -0.4 is 5.32 Å². The smallest absolute Gasteiger partial charge is 0.0546 e. The molecule has 1 aliphatic heterocycles. The van der Waals surface area contributed by atoms with Crippen LogP contribution in [-0.2, 0) is 0 Å². The van der Waals surface area contributed by atoms with Gasteiger partial charge in [0.05, 0.1) is 5.02 Å². The van der Waals surface area contributed by atoms with Gasteiger partial charge in [-0.1, -0.05) is 50.9 Å². The predicted molar refractivity (Wildman–Crippen MR) is 82.0 cm³/mol. The number of nitrogens with one attached hydrogen (secondary N) is 1. The summed E-state index contributed by atoms with van der Waals surface area (Å²) in [4.78, 5) is 1.15. The highest BCUT2D eigenvalue weighted by molar-refractivity contribution is 8.00. The number of hydrogen-bond acceptors (Lipinski definition) is 2. The van der Waals surface area contributed by atoms with Gasteiger partial charge in [0, 0.05) is 32.8 Å². The molecule has 0 saturated heterocycles. The third-order valence-electron chi connectivity index (χ3n) is 3.49. The molecule has 0 aromatic heterocycles. The normalized spacial score (nSPS) is 27.4. The second kappa shape index (κ2) is 5.62. The molecule has 4 heteroatoms. The first-order chi connectivity index (χ1) is 8.41. The lowest BCUT2D eigenvalue weighted by Gasteiger charge is -2.38. The topological polar surface area (TPSA) is 12.0 Å². The fraction of sp³-hybridized carbons (Fsp3) is 0.571. The second-order valence-electron chi connectivity index (χ2n) is 5.25. The number of thioether (sulfide) groups is 1. The molecule has 1 aromatic carbocycles. The van der Waals surface area contributed by atoms with Crippen molar-refractivity contribution in [3.8, 4) is 0 Å². The highest BCUT2D eigenvalue weighted by Gasteiger charge is 2.35. The number of halogens is 2. The third kappa shape index (κ3) is 2.67. The van der Waals surface area contributed by atoms with Crippen LogP contribution in [-0.4, -0.2) is 11.3 Å². The third-order valence-corrected chi connectivity index (χ3v) is 5.72. The lowest BCUT2D eigenvalue weighted by Crippen LogP contribution is -2.38. The van der Waals surface area contributed by atoms with Gasteiger partial charge < -0.3 is 5.32 Å². The first-order valence-electron chi connectivity index (χ1n) is 6.32. The maximum absolute atomic E-state index is 6.39. The standard InChI is InChI=1S/C14H19Cl2NS/c1-7(2)17-13-8(3)9(4)18-14-11(16)6-5-10(15)12(13)14/h5-9,13,17H,1-4H3. The van der Waals surface area contributed by atoms with E-state index in [9.17, 15) is 0 Å². The Morgan fingerprint density at radius 1 is 1.17 bits per heavy atom. The molecule has 100 valence electrons. The van der Waals surface area contributed by atoms with Gasteiger partial charge in [-0.3, -0.25) is 0 Å². The van der Waals surface area contributed by atoms with Crippen molar-refractivity contribution in [1.82, 2.24) is 5.32 Å². The minimum absolute atomic E-state index is 0.280. The van der Waals surface area contributed by atoms with Crippen molar-refractivity contribution in [3.05, 3.63) is 27.7 Å². The zero-order valence-electron chi connectivity index (χ0n) is 11.1. The van der Waals surface area contributed by atoms with Crippen molar-refractivity contribution >= 4 is 35.0 Å². The van der Waals surface area contributed by atoms with Gasteiger partial charge >= 0.3 is 0 Å². The molecular weight excluding hydrogens is 285 g/mol. The monoisotopic (exact) mass is 303 g/mol. The summed E-state index contributed by atoms with van der Waals surface area (Å²) in [7, 11) is 0. The van der Waals surface area contributed by atoms with Crippen molar-refractivity contribution in [3.63, 3.8) is 0 Å². The van der Waals surface area contributed by atoms with E-state index in [1.807, 2.05) is 23.9 Å². The summed E-state index contributed by atoms with van der Waals surface area (Å²) in [5, 5.41) is 5.79. The van der Waals surface area contributed by atoms with Crippen molar-refractivity contribution in [1.29, 1.82) is 0 Å². The van der Waals surface area contributed by atoms with Crippen LogP contribution in [0.2, 0.25) is 10.0 Å². The van der Waals surface area contributed by atoms with Crippen molar-refractivity contribution in [2.45, 2.75) is 49.9 Å². The molecule has 3 atom stereocenters. The first-order valence-corrected chi connectivity index (χ1v) is 7.96. The second-order valence-corrected chi connectivity index (χ2v) is 7.46. The van der Waals surface area contributed by atoms with Crippen LogP contribution in [0.25, 0.3) is 0 Å². The van der Waals surface area contributed by atoms with Crippen molar-refractivity contribution in [2.75, 3.05) is 0 Å². The number of fused-ring (bicyclic) bond motifs is 1. The summed E-state index contributed by atoms with van der Waals surface area (Å²) in [6, 6.07) is 4.50. The van der Waals surface area contributed by atoms with E-state index in [0.29, 0.717) is 17.2 Å². The van der Waals surface area contributed by atoms with Gasteiger partial charge in [0.2, 0.25) is 0 Å². The molecule has 0 spiro atoms. The van der Waals surface area contributed by atoms with Crippen molar-refractivity contribution < 1.29 is 0 Å². The maximum Gasteiger partial charge on any atom is 0.0546 e. The van der Waals surface area contributed by atoms with Gasteiger partial charge in [-0.15, -0.1) is 11.8 Å². The van der Waals surface area contributed by atoms with Crippen LogP contribution in [0.4, 0.5) is 0 Å². The molecular formula is C14H19Cl2NS. The Bertz CT molecular complexity index is 448. The minimum Gasteiger partial charge on any atom is -0.307 e. The number of benzene rings is 1. The molecule has 1 aromatic rings. The molecule has 0 fully saturated rings. The van der Waals surface area contributed by atoms with E-state index < -0.39 is 0 Å². The number of hydrogen-bond donors (Lipinski definition) is 1. The molecule has 18 heavy (non-hydrogen) atoms. The molecule has 1 nitrogen and oxygen atoms in total. The average molecular weight is 304 g/mol. The Morgan fingerprint density at radius 3 is 2.39 bits per heavy atom. The Morgan fingerprint density at radius 2 is 1.78 bits per heavy atom. The van der Waals surface area contributed by atoms with Gasteiger partial charge in [0.15, 0.2) is 0 Å². The minimum atomic E-state index is 0.280. The van der Waals surface area contributed by atoms with Crippen LogP contribution in [0.15, 0.2) is 17.0 Å². The molecule has 1 aliphatic rings. The van der Waals surface area contributed by atoms with Gasteiger partial charge in [-0.25, -0.2) is 0 Å². The molecule has 0 amide bonds. The summed E-state index contributed by atoms with van der Waals surface area (Å²) in [5.74, 6) is 0.529. The summed E-state index contributed by atoms with van der Waals surface area (Å²) in [6.07, 6.45) is 0. The van der Waals surface area contributed by atoms with E-state index >= 15 is 0 Å². The van der Waals surface area contributed by atoms with E-state index in [-0.39, 0.29) is 6.04 Å². The molecule has 2 rings (SSSR count). The summed E-state index contributed by atoms with van der Waals surface area (Å²) in [6.45, 7) is 8.86. The fourth-order valence-electron chi connectivity index (χ4n) is 2.38.